The Morgan fingerprint density at radius 2 is 2.04 bits per heavy atom. The van der Waals surface area contributed by atoms with Gasteiger partial charge in [-0.15, -0.1) is 0 Å². The van der Waals surface area contributed by atoms with E-state index in [1.165, 1.54) is 12.8 Å². The Bertz CT molecular complexity index is 672. The maximum absolute atomic E-state index is 13.3. The summed E-state index contributed by atoms with van der Waals surface area (Å²) < 4.78 is 40.1. The quantitative estimate of drug-likeness (QED) is 0.786. The Morgan fingerprint density at radius 3 is 2.65 bits per heavy atom. The minimum Gasteiger partial charge on any atom is -0.478 e. The second-order valence-electron chi connectivity index (χ2n) is 5.76. The van der Waals surface area contributed by atoms with Crippen LogP contribution in [0.15, 0.2) is 23.1 Å². The van der Waals surface area contributed by atoms with Gasteiger partial charge in [0.1, 0.15) is 5.82 Å². The van der Waals surface area contributed by atoms with Gasteiger partial charge < -0.3 is 10.0 Å². The molecule has 1 aromatic carbocycles. The molecule has 0 radical (unpaired) electrons. The number of hydrogen-bond acceptors (Lipinski definition) is 4. The molecule has 0 heterocycles. The van der Waals surface area contributed by atoms with Crippen molar-refractivity contribution in [3.63, 3.8) is 0 Å². The highest BCUT2D eigenvalue weighted by Crippen LogP contribution is 2.22. The van der Waals surface area contributed by atoms with E-state index in [2.05, 4.69) is 9.62 Å². The molecule has 0 bridgehead atoms. The van der Waals surface area contributed by atoms with Crippen LogP contribution in [0.3, 0.4) is 0 Å². The minimum absolute atomic E-state index is 0.217. The fourth-order valence-corrected chi connectivity index (χ4v) is 3.85. The first-order valence-corrected chi connectivity index (χ1v) is 9.02. The van der Waals surface area contributed by atoms with E-state index in [0.717, 1.165) is 31.0 Å². The summed E-state index contributed by atoms with van der Waals surface area (Å²) in [5.41, 5.74) is -0.657. The Balaban J connectivity index is 1.98. The van der Waals surface area contributed by atoms with E-state index in [4.69, 9.17) is 5.11 Å². The summed E-state index contributed by atoms with van der Waals surface area (Å²) in [7, 11) is -1.90. The van der Waals surface area contributed by atoms with E-state index < -0.39 is 27.4 Å². The first kappa shape index (κ1) is 17.8. The van der Waals surface area contributed by atoms with Crippen molar-refractivity contribution < 1.29 is 22.7 Å². The monoisotopic (exact) mass is 344 g/mol. The number of hydrogen-bond donors (Lipinski definition) is 2. The fourth-order valence-electron chi connectivity index (χ4n) is 2.80. The van der Waals surface area contributed by atoms with Crippen LogP contribution in [0.25, 0.3) is 0 Å². The lowest BCUT2D eigenvalue weighted by atomic mass is 10.2. The van der Waals surface area contributed by atoms with Crippen LogP contribution in [-0.2, 0) is 10.0 Å². The van der Waals surface area contributed by atoms with Crippen LogP contribution in [0.5, 0.6) is 0 Å². The van der Waals surface area contributed by atoms with Crippen molar-refractivity contribution in [3.8, 4) is 0 Å². The summed E-state index contributed by atoms with van der Waals surface area (Å²) in [5, 5.41) is 8.86. The van der Waals surface area contributed by atoms with Crippen LogP contribution >= 0.6 is 0 Å². The van der Waals surface area contributed by atoms with Gasteiger partial charge in [0.25, 0.3) is 0 Å². The Hall–Kier alpha value is -1.51. The number of benzene rings is 1. The normalized spacial score (nSPS) is 16.1. The first-order valence-electron chi connectivity index (χ1n) is 7.54. The summed E-state index contributed by atoms with van der Waals surface area (Å²) in [6.07, 6.45) is 4.66. The smallest absolute Gasteiger partial charge is 0.338 e. The number of nitrogens with one attached hydrogen (secondary N) is 1. The lowest BCUT2D eigenvalue weighted by molar-refractivity contribution is 0.0691. The fraction of sp³-hybridized carbons (Fsp3) is 0.533. The van der Waals surface area contributed by atoms with Gasteiger partial charge in [-0.1, -0.05) is 12.8 Å². The molecular formula is C15H21FN2O4S. The largest absolute Gasteiger partial charge is 0.478 e. The van der Waals surface area contributed by atoms with E-state index in [-0.39, 0.29) is 11.4 Å². The molecule has 0 amide bonds. The van der Waals surface area contributed by atoms with Crippen molar-refractivity contribution in [2.45, 2.75) is 36.6 Å². The molecule has 1 saturated carbocycles. The molecule has 2 rings (SSSR count). The number of nitrogens with zero attached hydrogens (tertiary/aromatic N) is 1. The van der Waals surface area contributed by atoms with Crippen molar-refractivity contribution in [1.82, 2.24) is 9.62 Å². The summed E-state index contributed by atoms with van der Waals surface area (Å²) in [5.74, 6) is -2.46. The van der Waals surface area contributed by atoms with Crippen molar-refractivity contribution >= 4 is 16.0 Å². The van der Waals surface area contributed by atoms with Gasteiger partial charge in [-0.25, -0.2) is 22.3 Å². The molecule has 1 fully saturated rings. The second-order valence-corrected chi connectivity index (χ2v) is 7.53. The summed E-state index contributed by atoms with van der Waals surface area (Å²) in [4.78, 5) is 12.8. The number of sulfonamides is 1. The maximum Gasteiger partial charge on any atom is 0.338 e. The van der Waals surface area contributed by atoms with Crippen molar-refractivity contribution in [3.05, 3.63) is 29.6 Å². The lowest BCUT2D eigenvalue weighted by Gasteiger charge is -2.23. The van der Waals surface area contributed by atoms with Crippen LogP contribution in [-0.4, -0.2) is 50.6 Å². The van der Waals surface area contributed by atoms with Gasteiger partial charge in [0.15, 0.2) is 0 Å². The van der Waals surface area contributed by atoms with Gasteiger partial charge in [0, 0.05) is 19.1 Å². The van der Waals surface area contributed by atoms with Crippen molar-refractivity contribution in [2.75, 3.05) is 20.1 Å². The predicted molar refractivity (Wildman–Crippen MR) is 83.4 cm³/mol. The Kier molecular flexibility index (Phi) is 5.72. The molecule has 0 aliphatic heterocycles. The average molecular weight is 344 g/mol. The molecule has 2 N–H and O–H groups in total. The highest BCUT2D eigenvalue weighted by molar-refractivity contribution is 7.89. The minimum atomic E-state index is -3.86. The number of carboxylic acids is 1. The van der Waals surface area contributed by atoms with Gasteiger partial charge in [-0.3, -0.25) is 0 Å². The molecule has 0 unspecified atom stereocenters. The topological polar surface area (TPSA) is 86.7 Å². The number of carbonyl (C=O) groups is 1. The molecule has 6 nitrogen and oxygen atoms in total. The molecule has 1 aliphatic carbocycles. The van der Waals surface area contributed by atoms with Crippen LogP contribution in [0.2, 0.25) is 0 Å². The molecule has 0 atom stereocenters. The number of halogens is 1. The maximum atomic E-state index is 13.3. The zero-order valence-electron chi connectivity index (χ0n) is 13.0. The van der Waals surface area contributed by atoms with Gasteiger partial charge in [-0.2, -0.15) is 0 Å². The molecule has 1 aromatic rings. The highest BCUT2D eigenvalue weighted by Gasteiger charge is 2.21. The molecule has 0 spiro atoms. The molecule has 0 saturated heterocycles. The molecule has 23 heavy (non-hydrogen) atoms. The number of likely N-dealkylation sites (N-methyl/N-ethyl adjacent to an activating group) is 1. The van der Waals surface area contributed by atoms with E-state index in [1.807, 2.05) is 7.05 Å². The van der Waals surface area contributed by atoms with Gasteiger partial charge in [0.05, 0.1) is 10.5 Å². The third-order valence-corrected chi connectivity index (χ3v) is 5.64. The van der Waals surface area contributed by atoms with Crippen LogP contribution in [0.1, 0.15) is 36.0 Å². The van der Waals surface area contributed by atoms with Crippen LogP contribution in [0.4, 0.5) is 4.39 Å². The van der Waals surface area contributed by atoms with Gasteiger partial charge in [0.2, 0.25) is 10.0 Å². The van der Waals surface area contributed by atoms with E-state index >= 15 is 0 Å². The van der Waals surface area contributed by atoms with Crippen LogP contribution < -0.4 is 4.72 Å². The second kappa shape index (κ2) is 7.37. The standard InChI is InChI=1S/C15H21FN2O4S/c1-18(11-4-2-3-5-11)9-8-17-23(21,22)12-6-7-14(16)13(10-12)15(19)20/h6-7,10-11,17H,2-5,8-9H2,1H3,(H,19,20). The SMILES string of the molecule is CN(CCNS(=O)(=O)c1ccc(F)c(C(=O)O)c1)C1CCCC1. The number of rotatable bonds is 7. The highest BCUT2D eigenvalue weighted by atomic mass is 32.2. The summed E-state index contributed by atoms with van der Waals surface area (Å²) in [6.45, 7) is 0.784. The van der Waals surface area contributed by atoms with Crippen molar-refractivity contribution in [2.24, 2.45) is 0 Å². The molecular weight excluding hydrogens is 323 g/mol. The predicted octanol–water partition coefficient (Wildman–Crippen LogP) is 1.68. The number of carboxylic acid groups (broad SMARTS) is 1. The first-order chi connectivity index (χ1) is 10.8. The van der Waals surface area contributed by atoms with Gasteiger partial charge >= 0.3 is 5.97 Å². The molecule has 128 valence electrons. The average Bonchev–Trinajstić information content (AvgIpc) is 3.01. The third-order valence-electron chi connectivity index (χ3n) is 4.18. The number of aromatic carboxylic acids is 1. The summed E-state index contributed by atoms with van der Waals surface area (Å²) in [6, 6.07) is 3.23. The van der Waals surface area contributed by atoms with E-state index in [9.17, 15) is 17.6 Å². The zero-order chi connectivity index (χ0) is 17.0. The van der Waals surface area contributed by atoms with Gasteiger partial charge in [-0.05, 0) is 38.1 Å². The van der Waals surface area contributed by atoms with Crippen LogP contribution in [0, 0.1) is 5.82 Å². The Morgan fingerprint density at radius 1 is 1.39 bits per heavy atom. The van der Waals surface area contributed by atoms with E-state index in [1.54, 1.807) is 0 Å². The molecule has 8 heteroatoms. The van der Waals surface area contributed by atoms with E-state index in [0.29, 0.717) is 12.6 Å². The molecule has 0 aromatic heterocycles. The third kappa shape index (κ3) is 4.49. The molecule has 1 aliphatic rings. The van der Waals surface area contributed by atoms with Crippen molar-refractivity contribution in [1.29, 1.82) is 0 Å². The Labute approximate surface area is 135 Å². The summed E-state index contributed by atoms with van der Waals surface area (Å²) >= 11 is 0. The zero-order valence-corrected chi connectivity index (χ0v) is 13.8. The lowest BCUT2D eigenvalue weighted by Crippen LogP contribution is -2.37.